The molecule has 0 radical (unpaired) electrons. The fraction of sp³-hybridized carbons (Fsp3) is 0.385. The first kappa shape index (κ1) is 10.9. The van der Waals surface area contributed by atoms with Gasteiger partial charge >= 0.3 is 0 Å². The Kier molecular flexibility index (Phi) is 3.70. The summed E-state index contributed by atoms with van der Waals surface area (Å²) in [6.45, 7) is 2.15. The first-order valence-corrected chi connectivity index (χ1v) is 5.82. The van der Waals surface area contributed by atoms with Gasteiger partial charge in [0.2, 0.25) is 0 Å². The molecule has 16 heavy (non-hydrogen) atoms. The van der Waals surface area contributed by atoms with Crippen LogP contribution >= 0.6 is 0 Å². The van der Waals surface area contributed by atoms with E-state index < -0.39 is 0 Å². The summed E-state index contributed by atoms with van der Waals surface area (Å²) < 4.78 is 0. The van der Waals surface area contributed by atoms with Gasteiger partial charge in [-0.25, -0.2) is 4.98 Å². The van der Waals surface area contributed by atoms with Crippen molar-refractivity contribution in [3.8, 4) is 0 Å². The van der Waals surface area contributed by atoms with Crippen LogP contribution in [0, 0.1) is 0 Å². The number of benzene rings is 1. The Balaban J connectivity index is 1.89. The van der Waals surface area contributed by atoms with E-state index >= 15 is 0 Å². The van der Waals surface area contributed by atoms with Crippen molar-refractivity contribution in [2.75, 3.05) is 0 Å². The first-order chi connectivity index (χ1) is 7.88. The maximum Gasteiger partial charge on any atom is 0.151 e. The van der Waals surface area contributed by atoms with Gasteiger partial charge in [-0.2, -0.15) is 5.10 Å². The number of aromatic nitrogens is 3. The van der Waals surface area contributed by atoms with E-state index in [4.69, 9.17) is 0 Å². The smallest absolute Gasteiger partial charge is 0.151 e. The quantitative estimate of drug-likeness (QED) is 0.832. The summed E-state index contributed by atoms with van der Waals surface area (Å²) in [5.41, 5.74) is 1.34. The SMILES string of the molecule is CCCc1nc(CCc2ccccc2)n[nH]1. The van der Waals surface area contributed by atoms with Crippen molar-refractivity contribution in [1.82, 2.24) is 15.2 Å². The first-order valence-electron chi connectivity index (χ1n) is 5.82. The van der Waals surface area contributed by atoms with E-state index in [0.29, 0.717) is 0 Å². The van der Waals surface area contributed by atoms with Crippen LogP contribution in [0.4, 0.5) is 0 Å². The summed E-state index contributed by atoms with van der Waals surface area (Å²) in [6.07, 6.45) is 4.00. The van der Waals surface area contributed by atoms with Crippen molar-refractivity contribution >= 4 is 0 Å². The van der Waals surface area contributed by atoms with Gasteiger partial charge in [0.25, 0.3) is 0 Å². The lowest BCUT2D eigenvalue weighted by atomic mass is 10.1. The van der Waals surface area contributed by atoms with Crippen molar-refractivity contribution in [1.29, 1.82) is 0 Å². The summed E-state index contributed by atoms with van der Waals surface area (Å²) in [5.74, 6) is 1.93. The molecule has 0 bridgehead atoms. The molecule has 0 aliphatic carbocycles. The molecule has 1 heterocycles. The normalized spacial score (nSPS) is 10.6. The topological polar surface area (TPSA) is 41.6 Å². The van der Waals surface area contributed by atoms with Gasteiger partial charge in [0.1, 0.15) is 5.82 Å². The largest absolute Gasteiger partial charge is 0.263 e. The van der Waals surface area contributed by atoms with Gasteiger partial charge in [0.15, 0.2) is 5.82 Å². The zero-order valence-electron chi connectivity index (χ0n) is 9.61. The monoisotopic (exact) mass is 215 g/mol. The van der Waals surface area contributed by atoms with Gasteiger partial charge in [-0.3, -0.25) is 5.10 Å². The molecule has 3 heteroatoms. The van der Waals surface area contributed by atoms with Gasteiger partial charge in [-0.15, -0.1) is 0 Å². The van der Waals surface area contributed by atoms with Gasteiger partial charge in [0.05, 0.1) is 0 Å². The van der Waals surface area contributed by atoms with E-state index in [1.54, 1.807) is 0 Å². The van der Waals surface area contributed by atoms with E-state index in [1.165, 1.54) is 5.56 Å². The summed E-state index contributed by atoms with van der Waals surface area (Å²) in [6, 6.07) is 10.4. The minimum atomic E-state index is 0.907. The molecule has 0 spiro atoms. The van der Waals surface area contributed by atoms with Gasteiger partial charge < -0.3 is 0 Å². The molecule has 0 fully saturated rings. The molecule has 0 unspecified atom stereocenters. The third kappa shape index (κ3) is 2.92. The molecule has 2 rings (SSSR count). The van der Waals surface area contributed by atoms with Crippen LogP contribution in [-0.2, 0) is 19.3 Å². The lowest BCUT2D eigenvalue weighted by Gasteiger charge is -1.96. The lowest BCUT2D eigenvalue weighted by Crippen LogP contribution is -1.93. The van der Waals surface area contributed by atoms with E-state index in [0.717, 1.165) is 37.3 Å². The van der Waals surface area contributed by atoms with Crippen LogP contribution in [-0.4, -0.2) is 15.2 Å². The molecule has 1 N–H and O–H groups in total. The zero-order chi connectivity index (χ0) is 11.2. The second kappa shape index (κ2) is 5.45. The highest BCUT2D eigenvalue weighted by Gasteiger charge is 2.02. The predicted molar refractivity (Wildman–Crippen MR) is 64.2 cm³/mol. The van der Waals surface area contributed by atoms with Crippen molar-refractivity contribution in [3.05, 3.63) is 47.5 Å². The molecule has 0 saturated carbocycles. The predicted octanol–water partition coefficient (Wildman–Crippen LogP) is 2.54. The van der Waals surface area contributed by atoms with Crippen molar-refractivity contribution in [2.24, 2.45) is 0 Å². The van der Waals surface area contributed by atoms with Gasteiger partial charge in [-0.1, -0.05) is 37.3 Å². The number of H-pyrrole nitrogens is 1. The summed E-state index contributed by atoms with van der Waals surface area (Å²) >= 11 is 0. The standard InChI is InChI=1S/C13H17N3/c1-2-6-12-14-13(16-15-12)10-9-11-7-4-3-5-8-11/h3-5,7-8H,2,6,9-10H2,1H3,(H,14,15,16). The molecule has 0 aliphatic rings. The molecule has 1 aromatic heterocycles. The molecule has 2 aromatic rings. The van der Waals surface area contributed by atoms with Crippen LogP contribution in [0.3, 0.4) is 0 Å². The molecule has 0 saturated heterocycles. The molecule has 84 valence electrons. The third-order valence-corrected chi connectivity index (χ3v) is 2.54. The number of hydrogen-bond acceptors (Lipinski definition) is 2. The molecule has 3 nitrogen and oxygen atoms in total. The maximum absolute atomic E-state index is 4.45. The average molecular weight is 215 g/mol. The summed E-state index contributed by atoms with van der Waals surface area (Å²) in [4.78, 5) is 4.45. The number of aromatic amines is 1. The number of aryl methyl sites for hydroxylation is 3. The van der Waals surface area contributed by atoms with E-state index in [1.807, 2.05) is 6.07 Å². The van der Waals surface area contributed by atoms with Crippen LogP contribution < -0.4 is 0 Å². The van der Waals surface area contributed by atoms with Crippen molar-refractivity contribution < 1.29 is 0 Å². The second-order valence-corrected chi connectivity index (χ2v) is 3.93. The molecule has 0 atom stereocenters. The Hall–Kier alpha value is -1.64. The number of nitrogens with zero attached hydrogens (tertiary/aromatic N) is 2. The summed E-state index contributed by atoms with van der Waals surface area (Å²) in [5, 5.41) is 7.20. The molecule has 1 aromatic carbocycles. The lowest BCUT2D eigenvalue weighted by molar-refractivity contribution is 0.840. The van der Waals surface area contributed by atoms with Crippen LogP contribution in [0.15, 0.2) is 30.3 Å². The molecule has 0 amide bonds. The van der Waals surface area contributed by atoms with Crippen molar-refractivity contribution in [3.63, 3.8) is 0 Å². The summed E-state index contributed by atoms with van der Waals surface area (Å²) in [7, 11) is 0. The van der Waals surface area contributed by atoms with E-state index in [-0.39, 0.29) is 0 Å². The van der Waals surface area contributed by atoms with E-state index in [2.05, 4.69) is 46.4 Å². The Bertz CT molecular complexity index is 420. The number of rotatable bonds is 5. The highest BCUT2D eigenvalue weighted by atomic mass is 15.2. The van der Waals surface area contributed by atoms with Gasteiger partial charge in [0, 0.05) is 12.8 Å². The fourth-order valence-corrected chi connectivity index (χ4v) is 1.70. The highest BCUT2D eigenvalue weighted by molar-refractivity contribution is 5.15. The van der Waals surface area contributed by atoms with Crippen LogP contribution in [0.25, 0.3) is 0 Å². The maximum atomic E-state index is 4.45. The molecule has 0 aliphatic heterocycles. The van der Waals surface area contributed by atoms with E-state index in [9.17, 15) is 0 Å². The Morgan fingerprint density at radius 1 is 1.06 bits per heavy atom. The van der Waals surface area contributed by atoms with Crippen LogP contribution in [0.5, 0.6) is 0 Å². The number of hydrogen-bond donors (Lipinski definition) is 1. The third-order valence-electron chi connectivity index (χ3n) is 2.54. The van der Waals surface area contributed by atoms with Crippen molar-refractivity contribution in [2.45, 2.75) is 32.6 Å². The number of nitrogens with one attached hydrogen (secondary N) is 1. The second-order valence-electron chi connectivity index (χ2n) is 3.93. The fourth-order valence-electron chi connectivity index (χ4n) is 1.70. The highest BCUT2D eigenvalue weighted by Crippen LogP contribution is 2.04. The minimum absolute atomic E-state index is 0.907. The van der Waals surface area contributed by atoms with Gasteiger partial charge in [-0.05, 0) is 18.4 Å². The van der Waals surface area contributed by atoms with Crippen LogP contribution in [0.1, 0.15) is 30.6 Å². The molecular weight excluding hydrogens is 198 g/mol. The molecular formula is C13H17N3. The minimum Gasteiger partial charge on any atom is -0.263 e. The Labute approximate surface area is 95.9 Å². The average Bonchev–Trinajstić information content (AvgIpc) is 2.76. The Morgan fingerprint density at radius 3 is 2.62 bits per heavy atom. The van der Waals surface area contributed by atoms with Crippen LogP contribution in [0.2, 0.25) is 0 Å². The Morgan fingerprint density at radius 2 is 1.88 bits per heavy atom. The zero-order valence-corrected chi connectivity index (χ0v) is 9.61.